The predicted molar refractivity (Wildman–Crippen MR) is 105 cm³/mol. The molecule has 0 atom stereocenters. The summed E-state index contributed by atoms with van der Waals surface area (Å²) in [5.74, 6) is -0.313. The number of aryl methyl sites for hydroxylation is 1. The monoisotopic (exact) mass is 399 g/mol. The normalized spacial score (nSPS) is 21.1. The van der Waals surface area contributed by atoms with Gasteiger partial charge in [0.25, 0.3) is 5.56 Å². The lowest BCUT2D eigenvalue weighted by atomic mass is 9.85. The first-order chi connectivity index (χ1) is 14.0. The van der Waals surface area contributed by atoms with Gasteiger partial charge in [-0.25, -0.2) is 4.68 Å². The smallest absolute Gasteiger partial charge is 0.317 e. The first-order valence-electron chi connectivity index (χ1n) is 10.1. The predicted octanol–water partition coefficient (Wildman–Crippen LogP) is 0.625. The van der Waals surface area contributed by atoms with Crippen molar-refractivity contribution < 1.29 is 14.7 Å². The standard InChI is InChI=1S/C20H25N5O4/c26-18(7-8-25-20(29)16-3-1-2-4-17(16)22-23-25)21-14-9-15(10-14)24(12-19(27)28)11-13-5-6-13/h1-4,13-15H,5-12H2,(H,21,26)(H,27,28). The molecule has 29 heavy (non-hydrogen) atoms. The molecular weight excluding hydrogens is 374 g/mol. The minimum atomic E-state index is -0.805. The van der Waals surface area contributed by atoms with Crippen molar-refractivity contribution in [3.05, 3.63) is 34.6 Å². The molecule has 2 aliphatic carbocycles. The van der Waals surface area contributed by atoms with Gasteiger partial charge < -0.3 is 10.4 Å². The average Bonchev–Trinajstić information content (AvgIpc) is 3.47. The minimum absolute atomic E-state index is 0.0578. The molecule has 2 aliphatic rings. The van der Waals surface area contributed by atoms with E-state index < -0.39 is 5.97 Å². The number of hydrogen-bond donors (Lipinski definition) is 2. The van der Waals surface area contributed by atoms with Crippen molar-refractivity contribution in [2.45, 2.75) is 50.7 Å². The van der Waals surface area contributed by atoms with Gasteiger partial charge in [-0.3, -0.25) is 19.3 Å². The number of nitrogens with zero attached hydrogens (tertiary/aromatic N) is 4. The van der Waals surface area contributed by atoms with Crippen LogP contribution in [0.1, 0.15) is 32.1 Å². The number of amides is 1. The fourth-order valence-corrected chi connectivity index (χ4v) is 3.83. The van der Waals surface area contributed by atoms with Crippen LogP contribution in [-0.4, -0.2) is 62.0 Å². The van der Waals surface area contributed by atoms with E-state index in [0.717, 1.165) is 19.4 Å². The quantitative estimate of drug-likeness (QED) is 0.635. The third-order valence-electron chi connectivity index (χ3n) is 5.70. The van der Waals surface area contributed by atoms with Crippen molar-refractivity contribution in [3.8, 4) is 0 Å². The number of aromatic nitrogens is 3. The Morgan fingerprint density at radius 1 is 1.24 bits per heavy atom. The molecule has 2 aromatic rings. The van der Waals surface area contributed by atoms with Gasteiger partial charge in [-0.1, -0.05) is 17.3 Å². The number of carbonyl (C=O) groups is 2. The van der Waals surface area contributed by atoms with Crippen LogP contribution in [0, 0.1) is 5.92 Å². The summed E-state index contributed by atoms with van der Waals surface area (Å²) in [4.78, 5) is 37.8. The Kier molecular flexibility index (Phi) is 5.57. The first-order valence-corrected chi connectivity index (χ1v) is 10.1. The van der Waals surface area contributed by atoms with E-state index in [9.17, 15) is 14.4 Å². The van der Waals surface area contributed by atoms with E-state index in [1.54, 1.807) is 24.3 Å². The van der Waals surface area contributed by atoms with Crippen LogP contribution in [0.4, 0.5) is 0 Å². The van der Waals surface area contributed by atoms with Gasteiger partial charge in [0, 0.05) is 25.0 Å². The van der Waals surface area contributed by atoms with Gasteiger partial charge in [-0.2, -0.15) is 0 Å². The molecule has 0 radical (unpaired) electrons. The van der Waals surface area contributed by atoms with E-state index in [1.165, 1.54) is 17.5 Å². The molecule has 1 aromatic carbocycles. The summed E-state index contributed by atoms with van der Waals surface area (Å²) < 4.78 is 1.22. The summed E-state index contributed by atoms with van der Waals surface area (Å²) in [7, 11) is 0. The van der Waals surface area contributed by atoms with Crippen LogP contribution < -0.4 is 10.9 Å². The number of benzene rings is 1. The average molecular weight is 399 g/mol. The maximum atomic E-state index is 12.4. The van der Waals surface area contributed by atoms with Gasteiger partial charge in [-0.05, 0) is 43.7 Å². The van der Waals surface area contributed by atoms with E-state index in [2.05, 4.69) is 15.6 Å². The molecule has 2 N–H and O–H groups in total. The van der Waals surface area contributed by atoms with Crippen molar-refractivity contribution in [1.29, 1.82) is 0 Å². The van der Waals surface area contributed by atoms with Crippen LogP contribution in [-0.2, 0) is 16.1 Å². The maximum Gasteiger partial charge on any atom is 0.317 e. The van der Waals surface area contributed by atoms with Crippen molar-refractivity contribution in [2.24, 2.45) is 5.92 Å². The molecule has 154 valence electrons. The third kappa shape index (κ3) is 4.79. The number of rotatable bonds is 9. The van der Waals surface area contributed by atoms with Crippen LogP contribution in [0.2, 0.25) is 0 Å². The van der Waals surface area contributed by atoms with Crippen LogP contribution in [0.5, 0.6) is 0 Å². The van der Waals surface area contributed by atoms with E-state index >= 15 is 0 Å². The Balaban J connectivity index is 1.25. The van der Waals surface area contributed by atoms with E-state index in [1.807, 2.05) is 4.90 Å². The molecule has 0 spiro atoms. The Bertz CT molecular complexity index is 965. The van der Waals surface area contributed by atoms with E-state index in [-0.39, 0.29) is 43.1 Å². The van der Waals surface area contributed by atoms with Crippen LogP contribution in [0.15, 0.2) is 29.1 Å². The van der Waals surface area contributed by atoms with Gasteiger partial charge >= 0.3 is 5.97 Å². The van der Waals surface area contributed by atoms with Gasteiger partial charge in [0.15, 0.2) is 0 Å². The zero-order valence-corrected chi connectivity index (χ0v) is 16.2. The molecule has 0 unspecified atom stereocenters. The van der Waals surface area contributed by atoms with Crippen molar-refractivity contribution in [1.82, 2.24) is 25.2 Å². The second-order valence-electron chi connectivity index (χ2n) is 8.04. The first kappa shape index (κ1) is 19.5. The Hall–Kier alpha value is -2.81. The molecule has 9 heteroatoms. The maximum absolute atomic E-state index is 12.4. The fraction of sp³-hybridized carbons (Fsp3) is 0.550. The lowest BCUT2D eigenvalue weighted by molar-refractivity contribution is -0.140. The summed E-state index contributed by atoms with van der Waals surface area (Å²) in [6, 6.07) is 7.26. The van der Waals surface area contributed by atoms with E-state index in [4.69, 9.17) is 5.11 Å². The largest absolute Gasteiger partial charge is 0.480 e. The molecule has 2 saturated carbocycles. The number of carboxylic acids is 1. The molecular formula is C20H25N5O4. The summed E-state index contributed by atoms with van der Waals surface area (Å²) in [6.07, 6.45) is 4.04. The molecule has 4 rings (SSSR count). The molecule has 9 nitrogen and oxygen atoms in total. The van der Waals surface area contributed by atoms with Crippen molar-refractivity contribution in [3.63, 3.8) is 0 Å². The molecule has 1 aromatic heterocycles. The molecule has 0 saturated heterocycles. The zero-order valence-electron chi connectivity index (χ0n) is 16.2. The zero-order chi connectivity index (χ0) is 20.4. The molecule has 1 amide bonds. The highest BCUT2D eigenvalue weighted by Gasteiger charge is 2.37. The molecule has 0 aliphatic heterocycles. The van der Waals surface area contributed by atoms with Crippen molar-refractivity contribution in [2.75, 3.05) is 13.1 Å². The highest BCUT2D eigenvalue weighted by Crippen LogP contribution is 2.33. The number of hydrogen-bond acceptors (Lipinski definition) is 6. The van der Waals surface area contributed by atoms with Crippen LogP contribution >= 0.6 is 0 Å². The Morgan fingerprint density at radius 2 is 2.00 bits per heavy atom. The topological polar surface area (TPSA) is 117 Å². The highest BCUT2D eigenvalue weighted by molar-refractivity contribution is 5.77. The second kappa shape index (κ2) is 8.28. The van der Waals surface area contributed by atoms with Crippen LogP contribution in [0.3, 0.4) is 0 Å². The molecule has 2 fully saturated rings. The third-order valence-corrected chi connectivity index (χ3v) is 5.70. The minimum Gasteiger partial charge on any atom is -0.480 e. The van der Waals surface area contributed by atoms with Gasteiger partial charge in [0.1, 0.15) is 5.52 Å². The van der Waals surface area contributed by atoms with Gasteiger partial charge in [0.2, 0.25) is 5.91 Å². The molecule has 1 heterocycles. The number of carbonyl (C=O) groups excluding carboxylic acids is 1. The number of fused-ring (bicyclic) bond motifs is 1. The SMILES string of the molecule is O=C(O)CN(CC1CC1)C1CC(NC(=O)CCn2nnc3ccccc3c2=O)C1. The van der Waals surface area contributed by atoms with Gasteiger partial charge in [0.05, 0.1) is 18.5 Å². The number of nitrogens with one attached hydrogen (secondary N) is 1. The lowest BCUT2D eigenvalue weighted by Crippen LogP contribution is -2.55. The highest BCUT2D eigenvalue weighted by atomic mass is 16.4. The van der Waals surface area contributed by atoms with Crippen molar-refractivity contribution >= 4 is 22.8 Å². The summed E-state index contributed by atoms with van der Waals surface area (Å²) in [5.41, 5.74) is 0.285. The summed E-state index contributed by atoms with van der Waals surface area (Å²) in [6.45, 7) is 1.07. The second-order valence-corrected chi connectivity index (χ2v) is 8.04. The van der Waals surface area contributed by atoms with Crippen LogP contribution in [0.25, 0.3) is 10.9 Å². The summed E-state index contributed by atoms with van der Waals surface area (Å²) in [5, 5.41) is 20.5. The lowest BCUT2D eigenvalue weighted by Gasteiger charge is -2.42. The van der Waals surface area contributed by atoms with Gasteiger partial charge in [-0.15, -0.1) is 5.10 Å². The number of carboxylic acid groups (broad SMARTS) is 1. The fourth-order valence-electron chi connectivity index (χ4n) is 3.83. The Labute approximate surface area is 167 Å². The Morgan fingerprint density at radius 3 is 2.72 bits per heavy atom. The summed E-state index contributed by atoms with van der Waals surface area (Å²) >= 11 is 0. The number of aliphatic carboxylic acids is 1. The van der Waals surface area contributed by atoms with E-state index in [0.29, 0.717) is 16.8 Å². The molecule has 0 bridgehead atoms.